The normalized spacial score (nSPS) is 11.0. The van der Waals surface area contributed by atoms with Crippen molar-refractivity contribution in [1.29, 1.82) is 0 Å². The molecule has 5 nitrogen and oxygen atoms in total. The molecule has 0 amide bonds. The molecular weight excluding hydrogens is 192 g/mol. The fourth-order valence-electron chi connectivity index (χ4n) is 0.642. The van der Waals surface area contributed by atoms with Crippen LogP contribution >= 0.6 is 0 Å². The molecule has 0 spiro atoms. The molecule has 4 N–H and O–H groups in total. The third kappa shape index (κ3) is 7.26. The van der Waals surface area contributed by atoms with E-state index in [4.69, 9.17) is 19.2 Å². The molecule has 1 atom stereocenters. The number of nitrogen functional groups attached to an aromatic ring is 1. The van der Waals surface area contributed by atoms with Gasteiger partial charge in [0.2, 0.25) is 0 Å². The summed E-state index contributed by atoms with van der Waals surface area (Å²) in [4.78, 5) is 0. The van der Waals surface area contributed by atoms with E-state index in [-0.39, 0.29) is 0 Å². The van der Waals surface area contributed by atoms with E-state index in [9.17, 15) is 0 Å². The van der Waals surface area contributed by atoms with Crippen molar-refractivity contribution in [2.24, 2.45) is 5.14 Å². The lowest BCUT2D eigenvalue weighted by atomic mass is 10.3. The van der Waals surface area contributed by atoms with Crippen LogP contribution in [0.1, 0.15) is 0 Å². The topological polar surface area (TPSA) is 101 Å². The van der Waals surface area contributed by atoms with Crippen molar-refractivity contribution in [2.75, 3.05) is 12.8 Å². The van der Waals surface area contributed by atoms with Gasteiger partial charge >= 0.3 is 0 Å². The van der Waals surface area contributed by atoms with Crippen molar-refractivity contribution in [3.8, 4) is 5.75 Å². The van der Waals surface area contributed by atoms with Gasteiger partial charge in [0, 0.05) is 23.0 Å². The molecule has 1 aromatic carbocycles. The molecule has 0 aliphatic carbocycles. The fraction of sp³-hybridized carbons (Fsp3) is 0.143. The van der Waals surface area contributed by atoms with Crippen LogP contribution in [0.25, 0.3) is 0 Å². The Hall–Kier alpha value is -1.11. The Morgan fingerprint density at radius 2 is 2.08 bits per heavy atom. The van der Waals surface area contributed by atoms with Gasteiger partial charge in [-0.15, -0.1) is 0 Å². The molecule has 0 radical (unpaired) electrons. The van der Waals surface area contributed by atoms with E-state index in [0.29, 0.717) is 0 Å². The summed E-state index contributed by atoms with van der Waals surface area (Å²) in [6.45, 7) is 0. The molecule has 0 aliphatic rings. The number of benzene rings is 1. The maximum absolute atomic E-state index is 8.78. The standard InChI is InChI=1S/C7H9NO.H3NO2S/c1-9-7-4-2-3-6(8)5-7;1-4(2)3/h2-5H,8H2,1H3;1H2,(H,2,3)/p-1. The quantitative estimate of drug-likeness (QED) is 0.496. The van der Waals surface area contributed by atoms with Gasteiger partial charge in [-0.05, 0) is 12.1 Å². The highest BCUT2D eigenvalue weighted by atomic mass is 32.2. The van der Waals surface area contributed by atoms with Crippen LogP contribution in [0.15, 0.2) is 24.3 Å². The predicted octanol–water partition coefficient (Wildman–Crippen LogP) is 0.0166. The maximum atomic E-state index is 8.78. The smallest absolute Gasteiger partial charge is 0.120 e. The van der Waals surface area contributed by atoms with E-state index in [2.05, 4.69) is 5.14 Å². The van der Waals surface area contributed by atoms with Crippen molar-refractivity contribution in [3.63, 3.8) is 0 Å². The van der Waals surface area contributed by atoms with Crippen molar-refractivity contribution in [3.05, 3.63) is 24.3 Å². The summed E-state index contributed by atoms with van der Waals surface area (Å²) in [5, 5.41) is 4.03. The minimum Gasteiger partial charge on any atom is -0.760 e. The summed E-state index contributed by atoms with van der Waals surface area (Å²) in [7, 11) is 1.62. The highest BCUT2D eigenvalue weighted by molar-refractivity contribution is 7.76. The first-order valence-corrected chi connectivity index (χ1v) is 4.43. The predicted molar refractivity (Wildman–Crippen MR) is 50.5 cm³/mol. The van der Waals surface area contributed by atoms with E-state index < -0.39 is 11.3 Å². The minimum atomic E-state index is -2.36. The van der Waals surface area contributed by atoms with Crippen LogP contribution in [0.3, 0.4) is 0 Å². The van der Waals surface area contributed by atoms with Gasteiger partial charge in [0.1, 0.15) is 5.75 Å². The number of rotatable bonds is 1. The van der Waals surface area contributed by atoms with Gasteiger partial charge in [-0.1, -0.05) is 6.07 Å². The lowest BCUT2D eigenvalue weighted by Crippen LogP contribution is -1.97. The fourth-order valence-corrected chi connectivity index (χ4v) is 0.642. The van der Waals surface area contributed by atoms with E-state index >= 15 is 0 Å². The van der Waals surface area contributed by atoms with Gasteiger partial charge in [-0.3, -0.25) is 9.35 Å². The Balaban J connectivity index is 0.000000310. The molecule has 1 rings (SSSR count). The zero-order valence-corrected chi connectivity index (χ0v) is 7.91. The van der Waals surface area contributed by atoms with Gasteiger partial charge in [-0.2, -0.15) is 0 Å². The first-order chi connectivity index (χ1) is 6.06. The Morgan fingerprint density at radius 3 is 2.38 bits per heavy atom. The van der Waals surface area contributed by atoms with Crippen LogP contribution in [0.4, 0.5) is 5.69 Å². The first-order valence-electron chi connectivity index (χ1n) is 3.29. The van der Waals surface area contributed by atoms with Crippen LogP contribution < -0.4 is 15.6 Å². The molecule has 13 heavy (non-hydrogen) atoms. The van der Waals surface area contributed by atoms with E-state index in [1.165, 1.54) is 0 Å². The summed E-state index contributed by atoms with van der Waals surface area (Å²) in [5.41, 5.74) is 6.19. The molecule has 0 fully saturated rings. The molecule has 0 bridgehead atoms. The van der Waals surface area contributed by atoms with Crippen LogP contribution in [-0.2, 0) is 11.3 Å². The van der Waals surface area contributed by atoms with Gasteiger partial charge in [-0.25, -0.2) is 0 Å². The number of nitrogens with two attached hydrogens (primary N) is 2. The monoisotopic (exact) mass is 203 g/mol. The molecule has 0 heterocycles. The number of anilines is 1. The molecule has 6 heteroatoms. The highest BCUT2D eigenvalue weighted by Crippen LogP contribution is 2.12. The Bertz CT molecular complexity index is 276. The van der Waals surface area contributed by atoms with E-state index in [0.717, 1.165) is 11.4 Å². The second kappa shape index (κ2) is 6.41. The van der Waals surface area contributed by atoms with Crippen molar-refractivity contribution >= 4 is 17.0 Å². The average Bonchev–Trinajstić information content (AvgIpc) is 2.03. The minimum absolute atomic E-state index is 0.731. The summed E-state index contributed by atoms with van der Waals surface area (Å²) >= 11 is -2.36. The Labute approximate surface area is 79.1 Å². The van der Waals surface area contributed by atoms with Crippen LogP contribution in [0.5, 0.6) is 5.75 Å². The lowest BCUT2D eigenvalue weighted by Gasteiger charge is -1.97. The molecule has 74 valence electrons. The third-order valence-corrected chi connectivity index (χ3v) is 1.09. The van der Waals surface area contributed by atoms with Crippen molar-refractivity contribution in [1.82, 2.24) is 0 Å². The number of hydrogen-bond donors (Lipinski definition) is 2. The van der Waals surface area contributed by atoms with Gasteiger partial charge in [0.25, 0.3) is 0 Å². The number of hydrogen-bond acceptors (Lipinski definition) is 4. The van der Waals surface area contributed by atoms with Crippen LogP contribution in [0, 0.1) is 0 Å². The maximum Gasteiger partial charge on any atom is 0.120 e. The molecular formula is C7H11N2O3S-. The summed E-state index contributed by atoms with van der Waals surface area (Å²) in [5.74, 6) is 0.801. The van der Waals surface area contributed by atoms with Crippen molar-refractivity contribution < 1.29 is 13.5 Å². The summed E-state index contributed by atoms with van der Waals surface area (Å²) in [6, 6.07) is 7.31. The molecule has 0 aliphatic heterocycles. The highest BCUT2D eigenvalue weighted by Gasteiger charge is 1.87. The van der Waals surface area contributed by atoms with Gasteiger partial charge in [0.05, 0.1) is 7.11 Å². The zero-order chi connectivity index (χ0) is 10.3. The molecule has 0 saturated carbocycles. The molecule has 1 aromatic rings. The van der Waals surface area contributed by atoms with Gasteiger partial charge < -0.3 is 15.0 Å². The number of ether oxygens (including phenoxy) is 1. The lowest BCUT2D eigenvalue weighted by molar-refractivity contribution is 0.415. The van der Waals surface area contributed by atoms with Gasteiger partial charge in [0.15, 0.2) is 0 Å². The van der Waals surface area contributed by atoms with E-state index in [1.807, 2.05) is 18.2 Å². The summed E-state index contributed by atoms with van der Waals surface area (Å²) < 4.78 is 22.5. The average molecular weight is 203 g/mol. The second-order valence-corrected chi connectivity index (χ2v) is 2.56. The SMILES string of the molecule is COc1cccc(N)c1.NS(=O)[O-]. The van der Waals surface area contributed by atoms with E-state index in [1.54, 1.807) is 13.2 Å². The second-order valence-electron chi connectivity index (χ2n) is 2.04. The van der Waals surface area contributed by atoms with Crippen LogP contribution in [0.2, 0.25) is 0 Å². The molecule has 0 aromatic heterocycles. The van der Waals surface area contributed by atoms with Crippen LogP contribution in [-0.4, -0.2) is 15.9 Å². The third-order valence-electron chi connectivity index (χ3n) is 1.09. The largest absolute Gasteiger partial charge is 0.760 e. The molecule has 0 saturated heterocycles. The first kappa shape index (κ1) is 11.9. The summed E-state index contributed by atoms with van der Waals surface area (Å²) in [6.07, 6.45) is 0. The number of methoxy groups -OCH3 is 1. The van der Waals surface area contributed by atoms with Crippen molar-refractivity contribution in [2.45, 2.75) is 0 Å². The molecule has 1 unspecified atom stereocenters. The Morgan fingerprint density at radius 1 is 1.54 bits per heavy atom. The zero-order valence-electron chi connectivity index (χ0n) is 7.10. The Kier molecular flexibility index (Phi) is 5.86.